The first-order valence-corrected chi connectivity index (χ1v) is 9.91. The topological polar surface area (TPSA) is 56.3 Å². The molecule has 1 N–H and O–H groups in total. The van der Waals surface area contributed by atoms with Crippen molar-refractivity contribution in [1.29, 1.82) is 0 Å². The quantitative estimate of drug-likeness (QED) is 0.528. The van der Waals surface area contributed by atoms with Crippen LogP contribution < -0.4 is 14.8 Å². The number of ether oxygens (including phenoxy) is 2. The number of hydrogen-bond donors (Lipinski definition) is 1. The Kier molecular flexibility index (Phi) is 9.19. The zero-order chi connectivity index (χ0) is 21.5. The molecule has 32 heavy (non-hydrogen) atoms. The Hall–Kier alpha value is -2.30. The maximum atomic E-state index is 5.42. The molecule has 3 aromatic rings. The summed E-state index contributed by atoms with van der Waals surface area (Å²) in [5.74, 6) is 3.16. The molecule has 2 aliphatic rings. The second-order valence-corrected chi connectivity index (χ2v) is 6.75. The molecule has 2 saturated carbocycles. The molecule has 0 atom stereocenters. The number of benzene rings is 2. The first-order valence-electron chi connectivity index (χ1n) is 9.91. The summed E-state index contributed by atoms with van der Waals surface area (Å²) in [5, 5.41) is 4.31. The predicted octanol–water partition coefficient (Wildman–Crippen LogP) is 5.16. The van der Waals surface area contributed by atoms with Crippen LogP contribution >= 0.6 is 0 Å². The van der Waals surface area contributed by atoms with E-state index in [9.17, 15) is 0 Å². The van der Waals surface area contributed by atoms with Gasteiger partial charge in [0.15, 0.2) is 11.5 Å². The number of fused-ring (bicyclic) bond motifs is 1. The average Bonchev–Trinajstić information content (AvgIpc) is 3.56. The van der Waals surface area contributed by atoms with Crippen molar-refractivity contribution in [3.05, 3.63) is 112 Å². The number of anilines is 2. The Morgan fingerprint density at radius 2 is 1.38 bits per heavy atom. The molecule has 10 radical (unpaired) electrons. The van der Waals surface area contributed by atoms with Gasteiger partial charge in [0.05, 0.1) is 19.7 Å². The third-order valence-electron chi connectivity index (χ3n) is 4.85. The maximum Gasteiger partial charge on any atom is 2.00 e. The van der Waals surface area contributed by atoms with Gasteiger partial charge in [-0.3, -0.25) is 0 Å². The van der Waals surface area contributed by atoms with Gasteiger partial charge in [-0.2, -0.15) is 0 Å². The van der Waals surface area contributed by atoms with Crippen LogP contribution in [0.3, 0.4) is 0 Å². The van der Waals surface area contributed by atoms with Crippen molar-refractivity contribution in [2.24, 2.45) is 0 Å². The van der Waals surface area contributed by atoms with E-state index in [0.29, 0.717) is 11.5 Å². The molecular weight excluding hydrogens is 442 g/mol. The van der Waals surface area contributed by atoms with Crippen LogP contribution in [0, 0.1) is 63.7 Å². The fourth-order valence-electron chi connectivity index (χ4n) is 3.33. The van der Waals surface area contributed by atoms with Gasteiger partial charge >= 0.3 is 17.1 Å². The summed E-state index contributed by atoms with van der Waals surface area (Å²) in [6.07, 6.45) is 19.8. The van der Waals surface area contributed by atoms with Gasteiger partial charge in [-0.25, -0.2) is 9.97 Å². The summed E-state index contributed by atoms with van der Waals surface area (Å²) in [6.45, 7) is 0. The number of nitrogens with one attached hydrogen (secondary N) is 1. The normalized spacial score (nSPS) is 15.6. The van der Waals surface area contributed by atoms with Gasteiger partial charge < -0.3 is 14.8 Å². The second kappa shape index (κ2) is 12.1. The molecule has 160 valence electrons. The van der Waals surface area contributed by atoms with Gasteiger partial charge in [-0.05, 0) is 75.5 Å². The number of hydrogen-bond acceptors (Lipinski definition) is 5. The Labute approximate surface area is 201 Å². The summed E-state index contributed by atoms with van der Waals surface area (Å²) >= 11 is 0. The fraction of sp³-hybridized carbons (Fsp3) is 0.0769. The third kappa shape index (κ3) is 5.73. The number of para-hydroxylation sites is 1. The molecule has 0 amide bonds. The van der Waals surface area contributed by atoms with E-state index in [4.69, 9.17) is 9.47 Å². The van der Waals surface area contributed by atoms with Crippen molar-refractivity contribution in [2.75, 3.05) is 19.5 Å². The molecule has 2 aromatic carbocycles. The van der Waals surface area contributed by atoms with E-state index in [1.54, 1.807) is 20.5 Å². The largest absolute Gasteiger partial charge is 2.00 e. The molecule has 2 fully saturated rings. The third-order valence-corrected chi connectivity index (χ3v) is 4.85. The monoisotopic (exact) mass is 465 g/mol. The molecule has 0 bridgehead atoms. The molecule has 0 aliphatic heterocycles. The number of methoxy groups -OCH3 is 2. The Morgan fingerprint density at radius 3 is 2.03 bits per heavy atom. The molecule has 5 nitrogen and oxygen atoms in total. The number of rotatable bonds is 5. The van der Waals surface area contributed by atoms with E-state index in [0.717, 1.165) is 33.9 Å². The fourth-order valence-corrected chi connectivity index (χ4v) is 3.33. The van der Waals surface area contributed by atoms with Crippen LogP contribution in [0.15, 0.2) is 42.7 Å². The Morgan fingerprint density at radius 1 is 0.750 bits per heavy atom. The summed E-state index contributed by atoms with van der Waals surface area (Å²) in [5.41, 5.74) is 2.88. The minimum absolute atomic E-state index is 0. The summed E-state index contributed by atoms with van der Waals surface area (Å²) in [6, 6.07) is 11.9. The molecule has 0 saturated heterocycles. The molecule has 1 heterocycles. The first-order chi connectivity index (χ1) is 15.3. The maximum absolute atomic E-state index is 5.42. The van der Waals surface area contributed by atoms with Gasteiger partial charge in [0.2, 0.25) is 0 Å². The minimum atomic E-state index is 0. The van der Waals surface area contributed by atoms with Crippen molar-refractivity contribution in [2.45, 2.75) is 0 Å². The molecule has 6 heteroatoms. The van der Waals surface area contributed by atoms with E-state index in [1.165, 1.54) is 0 Å². The minimum Gasteiger partial charge on any atom is -0.493 e. The molecule has 1 aromatic heterocycles. The average molecular weight is 465 g/mol. The molecular formula is C26H23FeN3O2+2. The SMILES string of the molecule is COc1cc2ncnc(Nc3ccccc3[C]3[CH][CH][CH][CH]3)c2cc1OC.[CH]1[CH][CH][CH][CH]1.[Fe+2]. The number of nitrogens with zero attached hydrogens (tertiary/aromatic N) is 2. The van der Waals surface area contributed by atoms with Crippen LogP contribution in [0.4, 0.5) is 11.5 Å². The van der Waals surface area contributed by atoms with Gasteiger partial charge in [-0.15, -0.1) is 0 Å². The standard InChI is InChI=1S/C21H18N3O2.C5H5.Fe/c1-25-19-11-16-18(12-20(19)26-2)22-13-23-21(16)24-17-10-6-5-9-15(17)14-7-3-4-8-14;1-2-4-5-3-1;/h3-13H,1-2H3,(H,22,23,24);1-5H;/q;;+2. The Bertz CT molecular complexity index is 994. The van der Waals surface area contributed by atoms with Crippen molar-refractivity contribution >= 4 is 22.4 Å². The van der Waals surface area contributed by atoms with Crippen LogP contribution in [-0.2, 0) is 17.1 Å². The van der Waals surface area contributed by atoms with Gasteiger partial charge in [0, 0.05) is 23.1 Å². The van der Waals surface area contributed by atoms with E-state index in [1.807, 2.05) is 75.3 Å². The zero-order valence-electron chi connectivity index (χ0n) is 17.8. The van der Waals surface area contributed by atoms with Crippen molar-refractivity contribution in [3.8, 4) is 11.5 Å². The van der Waals surface area contributed by atoms with Crippen LogP contribution in [0.5, 0.6) is 11.5 Å². The predicted molar refractivity (Wildman–Crippen MR) is 123 cm³/mol. The van der Waals surface area contributed by atoms with E-state index < -0.39 is 0 Å². The van der Waals surface area contributed by atoms with E-state index in [2.05, 4.69) is 34.2 Å². The van der Waals surface area contributed by atoms with Crippen LogP contribution in [-0.4, -0.2) is 24.2 Å². The van der Waals surface area contributed by atoms with Crippen LogP contribution in [0.1, 0.15) is 5.56 Å². The van der Waals surface area contributed by atoms with Gasteiger partial charge in [-0.1, -0.05) is 18.2 Å². The van der Waals surface area contributed by atoms with Gasteiger partial charge in [0.25, 0.3) is 0 Å². The van der Waals surface area contributed by atoms with E-state index >= 15 is 0 Å². The smallest absolute Gasteiger partial charge is 0.493 e. The molecule has 2 aliphatic carbocycles. The summed E-state index contributed by atoms with van der Waals surface area (Å²) < 4.78 is 10.8. The summed E-state index contributed by atoms with van der Waals surface area (Å²) in [4.78, 5) is 8.79. The first kappa shape index (κ1) is 24.3. The van der Waals surface area contributed by atoms with Crippen molar-refractivity contribution < 1.29 is 26.5 Å². The van der Waals surface area contributed by atoms with Crippen LogP contribution in [0.2, 0.25) is 0 Å². The number of aromatic nitrogens is 2. The molecule has 5 rings (SSSR count). The van der Waals surface area contributed by atoms with Crippen LogP contribution in [0.25, 0.3) is 10.9 Å². The zero-order valence-corrected chi connectivity index (χ0v) is 18.9. The van der Waals surface area contributed by atoms with Gasteiger partial charge in [0.1, 0.15) is 12.1 Å². The van der Waals surface area contributed by atoms with Crippen molar-refractivity contribution in [3.63, 3.8) is 0 Å². The molecule has 0 spiro atoms. The Balaban J connectivity index is 0.000000427. The molecule has 0 unspecified atom stereocenters. The van der Waals surface area contributed by atoms with Crippen molar-refractivity contribution in [1.82, 2.24) is 9.97 Å². The summed E-state index contributed by atoms with van der Waals surface area (Å²) in [7, 11) is 3.23. The second-order valence-electron chi connectivity index (χ2n) is 6.75. The van der Waals surface area contributed by atoms with E-state index in [-0.39, 0.29) is 17.1 Å².